The molecule has 2 N–H and O–H groups in total. The zero-order valence-corrected chi connectivity index (χ0v) is 25.0. The third kappa shape index (κ3) is 5.61. The summed E-state index contributed by atoms with van der Waals surface area (Å²) in [5.74, 6) is -1.00. The van der Waals surface area contributed by atoms with Crippen molar-refractivity contribution in [2.24, 2.45) is 5.92 Å². The van der Waals surface area contributed by atoms with Crippen molar-refractivity contribution in [2.75, 3.05) is 23.0 Å². The lowest BCUT2D eigenvalue weighted by molar-refractivity contribution is -0.385. The molecule has 6 rings (SSSR count). The van der Waals surface area contributed by atoms with Gasteiger partial charge in [0.1, 0.15) is 5.75 Å². The van der Waals surface area contributed by atoms with Gasteiger partial charge in [0.25, 0.3) is 17.5 Å². The molecule has 3 heterocycles. The van der Waals surface area contributed by atoms with Crippen molar-refractivity contribution in [3.63, 3.8) is 0 Å². The molecule has 4 aromatic rings. The van der Waals surface area contributed by atoms with E-state index in [2.05, 4.69) is 10.3 Å². The number of aryl methyl sites for hydroxylation is 1. The molecule has 0 fully saturated rings. The minimum Gasteiger partial charge on any atom is -0.482 e. The molecule has 0 radical (unpaired) electrons. The Balaban J connectivity index is 1.26. The van der Waals surface area contributed by atoms with Crippen LogP contribution in [0, 0.1) is 16.0 Å². The van der Waals surface area contributed by atoms with Crippen molar-refractivity contribution in [1.29, 1.82) is 0 Å². The summed E-state index contributed by atoms with van der Waals surface area (Å²) in [4.78, 5) is 41.1. The first-order valence-corrected chi connectivity index (χ1v) is 14.8. The Morgan fingerprint density at radius 2 is 1.93 bits per heavy atom. The highest BCUT2D eigenvalue weighted by Crippen LogP contribution is 2.47. The molecule has 0 spiro atoms. The third-order valence-corrected chi connectivity index (χ3v) is 8.24. The summed E-state index contributed by atoms with van der Waals surface area (Å²) >= 11 is 0. The average Bonchev–Trinajstić information content (AvgIpc) is 3.59. The van der Waals surface area contributed by atoms with Crippen molar-refractivity contribution in [3.05, 3.63) is 112 Å². The number of nitrogens with zero attached hydrogens (tertiary/aromatic N) is 6. The number of aliphatic hydroxyl groups is 2. The number of aliphatic hydroxyl groups excluding tert-OH is 1. The van der Waals surface area contributed by atoms with Crippen molar-refractivity contribution in [2.45, 2.75) is 38.5 Å². The highest BCUT2D eigenvalue weighted by molar-refractivity contribution is 6.07. The zero-order valence-electron chi connectivity index (χ0n) is 25.0. The lowest BCUT2D eigenvalue weighted by Gasteiger charge is -2.30. The Labute approximate surface area is 264 Å². The SMILES string of the molecule is C[C@H](/C=C/CCn1cc(CCO)nn1)[C@@]1(O)C(=O)N(Cc2cccc(N3C(=O)COc4ccccc43)c2)c2ccc([N+](=O)[O-])cc21. The fourth-order valence-corrected chi connectivity index (χ4v) is 5.89. The lowest BCUT2D eigenvalue weighted by Crippen LogP contribution is -2.44. The molecule has 1 aromatic heterocycles. The lowest BCUT2D eigenvalue weighted by atomic mass is 9.82. The van der Waals surface area contributed by atoms with Crippen LogP contribution in [0.3, 0.4) is 0 Å². The maximum absolute atomic E-state index is 14.1. The first-order valence-electron chi connectivity index (χ1n) is 14.8. The van der Waals surface area contributed by atoms with Gasteiger partial charge >= 0.3 is 0 Å². The number of ether oxygens (including phenoxy) is 1. The summed E-state index contributed by atoms with van der Waals surface area (Å²) in [6, 6.07) is 18.5. The summed E-state index contributed by atoms with van der Waals surface area (Å²) in [6.07, 6.45) is 6.23. The molecule has 0 aliphatic carbocycles. The van der Waals surface area contributed by atoms with Gasteiger partial charge in [-0.05, 0) is 42.3 Å². The van der Waals surface area contributed by atoms with Crippen LogP contribution in [0.2, 0.25) is 0 Å². The normalized spacial score (nSPS) is 18.1. The number of benzene rings is 3. The predicted octanol–water partition coefficient (Wildman–Crippen LogP) is 3.80. The Hall–Kier alpha value is -5.40. The molecule has 3 aromatic carbocycles. The smallest absolute Gasteiger partial charge is 0.269 e. The second kappa shape index (κ2) is 12.5. The summed E-state index contributed by atoms with van der Waals surface area (Å²) in [6.45, 7) is 2.11. The fourth-order valence-electron chi connectivity index (χ4n) is 5.89. The number of hydrogen-bond acceptors (Lipinski definition) is 9. The van der Waals surface area contributed by atoms with E-state index in [1.807, 2.05) is 24.3 Å². The monoisotopic (exact) mass is 624 g/mol. The molecule has 0 unspecified atom stereocenters. The predicted molar refractivity (Wildman–Crippen MR) is 167 cm³/mol. The average molecular weight is 625 g/mol. The van der Waals surface area contributed by atoms with E-state index in [-0.39, 0.29) is 36.9 Å². The molecule has 0 bridgehead atoms. The molecule has 2 atom stereocenters. The molecule has 2 amide bonds. The van der Waals surface area contributed by atoms with E-state index < -0.39 is 22.3 Å². The number of nitro benzene ring substituents is 1. The number of rotatable bonds is 11. The van der Waals surface area contributed by atoms with Crippen LogP contribution in [0.1, 0.15) is 30.2 Å². The highest BCUT2D eigenvalue weighted by atomic mass is 16.6. The number of carbonyl (C=O) groups excluding carboxylic acids is 2. The third-order valence-electron chi connectivity index (χ3n) is 8.24. The van der Waals surface area contributed by atoms with E-state index in [4.69, 9.17) is 9.84 Å². The van der Waals surface area contributed by atoms with Gasteiger partial charge in [-0.15, -0.1) is 5.10 Å². The summed E-state index contributed by atoms with van der Waals surface area (Å²) in [5, 5.41) is 40.8. The largest absolute Gasteiger partial charge is 0.482 e. The topological polar surface area (TPSA) is 164 Å². The van der Waals surface area contributed by atoms with E-state index >= 15 is 0 Å². The van der Waals surface area contributed by atoms with Crippen molar-refractivity contribution in [3.8, 4) is 5.75 Å². The molecule has 0 saturated carbocycles. The van der Waals surface area contributed by atoms with Gasteiger partial charge < -0.3 is 19.8 Å². The van der Waals surface area contributed by atoms with Crippen LogP contribution in [0.25, 0.3) is 0 Å². The number of fused-ring (bicyclic) bond motifs is 2. The first-order chi connectivity index (χ1) is 22.2. The Bertz CT molecular complexity index is 1840. The molecule has 236 valence electrons. The first kappa shape index (κ1) is 30.6. The van der Waals surface area contributed by atoms with E-state index in [0.717, 1.165) is 0 Å². The maximum Gasteiger partial charge on any atom is 0.269 e. The standard InChI is InChI=1S/C33H32N6O7/c1-22(7-4-5-15-36-20-24(14-16-40)34-35-36)33(43)27-18-26(39(44)45)12-13-28(27)37(32(33)42)19-23-8-6-9-25(17-23)38-29-10-2-3-11-30(29)46-21-31(38)41/h2-4,6-13,17-18,20,22,40,43H,5,14-16,19,21H2,1H3/b7-4+/t22-,33+/m1/s1. The second-order valence-electron chi connectivity index (χ2n) is 11.2. The number of allylic oxidation sites excluding steroid dienone is 1. The molecule has 13 nitrogen and oxygen atoms in total. The van der Waals surface area contributed by atoms with Crippen LogP contribution in [0.4, 0.5) is 22.7 Å². The number of nitro groups is 1. The van der Waals surface area contributed by atoms with Gasteiger partial charge in [-0.2, -0.15) is 0 Å². The number of anilines is 3. The van der Waals surface area contributed by atoms with Gasteiger partial charge in [0.15, 0.2) is 12.2 Å². The molecular weight excluding hydrogens is 592 g/mol. The van der Waals surface area contributed by atoms with Gasteiger partial charge in [-0.1, -0.05) is 48.6 Å². The van der Waals surface area contributed by atoms with Gasteiger partial charge in [0.2, 0.25) is 0 Å². The van der Waals surface area contributed by atoms with Crippen LogP contribution in [0.15, 0.2) is 85.1 Å². The van der Waals surface area contributed by atoms with E-state index in [1.54, 1.807) is 59.1 Å². The minimum atomic E-state index is -2.06. The summed E-state index contributed by atoms with van der Waals surface area (Å²) in [7, 11) is 0. The summed E-state index contributed by atoms with van der Waals surface area (Å²) < 4.78 is 7.22. The molecule has 2 aliphatic rings. The van der Waals surface area contributed by atoms with Crippen LogP contribution in [-0.2, 0) is 34.7 Å². The number of hydrogen-bond donors (Lipinski definition) is 2. The van der Waals surface area contributed by atoms with Gasteiger partial charge in [0, 0.05) is 55.1 Å². The van der Waals surface area contributed by atoms with Gasteiger partial charge in [0.05, 0.1) is 28.5 Å². The molecule has 13 heteroatoms. The van der Waals surface area contributed by atoms with Crippen molar-refractivity contribution < 1.29 is 29.5 Å². The number of para-hydroxylation sites is 2. The van der Waals surface area contributed by atoms with Crippen molar-refractivity contribution >= 4 is 34.6 Å². The quantitative estimate of drug-likeness (QED) is 0.144. The molecular formula is C33H32N6O7. The molecule has 2 aliphatic heterocycles. The number of non-ortho nitro benzene ring substituents is 1. The Morgan fingerprint density at radius 3 is 2.74 bits per heavy atom. The highest BCUT2D eigenvalue weighted by Gasteiger charge is 2.53. The van der Waals surface area contributed by atoms with E-state index in [9.17, 15) is 24.8 Å². The maximum atomic E-state index is 14.1. The number of aromatic nitrogens is 3. The summed E-state index contributed by atoms with van der Waals surface area (Å²) in [5.41, 5.74) is 0.795. The number of carbonyl (C=O) groups is 2. The van der Waals surface area contributed by atoms with Gasteiger partial charge in [-0.25, -0.2) is 0 Å². The number of amides is 2. The van der Waals surface area contributed by atoms with Crippen LogP contribution in [0.5, 0.6) is 5.75 Å². The van der Waals surface area contributed by atoms with E-state index in [0.29, 0.717) is 53.5 Å². The Kier molecular flexibility index (Phi) is 8.35. The molecule has 0 saturated heterocycles. The van der Waals surface area contributed by atoms with Crippen molar-refractivity contribution in [1.82, 2.24) is 15.0 Å². The molecule has 46 heavy (non-hydrogen) atoms. The van der Waals surface area contributed by atoms with E-state index in [1.165, 1.54) is 23.1 Å². The minimum absolute atomic E-state index is 0.0209. The van der Waals surface area contributed by atoms with Gasteiger partial charge in [-0.3, -0.25) is 29.3 Å². The van der Waals surface area contributed by atoms with Crippen LogP contribution < -0.4 is 14.5 Å². The van der Waals surface area contributed by atoms with Crippen LogP contribution in [-0.4, -0.2) is 55.2 Å². The second-order valence-corrected chi connectivity index (χ2v) is 11.2. The Morgan fingerprint density at radius 1 is 1.11 bits per heavy atom. The zero-order chi connectivity index (χ0) is 32.4. The fraction of sp³-hybridized carbons (Fsp3) is 0.273. The van der Waals surface area contributed by atoms with Crippen LogP contribution >= 0.6 is 0 Å².